The first-order valence-electron chi connectivity index (χ1n) is 5.28. The van der Waals surface area contributed by atoms with Gasteiger partial charge in [-0.15, -0.1) is 0 Å². The minimum absolute atomic E-state index is 0.116. The molecule has 0 saturated carbocycles. The normalized spacial score (nSPS) is 12.7. The van der Waals surface area contributed by atoms with Gasteiger partial charge in [0.1, 0.15) is 6.04 Å². The van der Waals surface area contributed by atoms with Crippen LogP contribution in [0.2, 0.25) is 0 Å². The van der Waals surface area contributed by atoms with Crippen molar-refractivity contribution in [3.8, 4) is 0 Å². The fraction of sp³-hybridized carbons (Fsp3) is 0.800. The van der Waals surface area contributed by atoms with E-state index in [1.165, 1.54) is 0 Å². The Balaban J connectivity index is 4.50. The van der Waals surface area contributed by atoms with Gasteiger partial charge in [0.2, 0.25) is 5.91 Å². The van der Waals surface area contributed by atoms with Crippen molar-refractivity contribution < 1.29 is 14.7 Å². The van der Waals surface area contributed by atoms with Crippen LogP contribution in [0.25, 0.3) is 0 Å². The van der Waals surface area contributed by atoms with Gasteiger partial charge in [0.15, 0.2) is 0 Å². The molecule has 0 unspecified atom stereocenters. The second-order valence-corrected chi connectivity index (χ2v) is 3.56. The molecule has 0 aliphatic heterocycles. The van der Waals surface area contributed by atoms with Crippen LogP contribution in [-0.4, -0.2) is 41.0 Å². The van der Waals surface area contributed by atoms with Gasteiger partial charge < -0.3 is 10.8 Å². The van der Waals surface area contributed by atoms with Crippen molar-refractivity contribution in [3.63, 3.8) is 0 Å². The molecule has 0 spiro atoms. The molecule has 88 valence electrons. The number of carbonyl (C=O) groups is 2. The van der Waals surface area contributed by atoms with E-state index in [2.05, 4.69) is 0 Å². The third kappa shape index (κ3) is 5.37. The van der Waals surface area contributed by atoms with Crippen molar-refractivity contribution in [2.45, 2.75) is 39.2 Å². The van der Waals surface area contributed by atoms with Crippen LogP contribution in [-0.2, 0) is 9.59 Å². The maximum Gasteiger partial charge on any atom is 0.321 e. The molecule has 0 aliphatic rings. The molecule has 15 heavy (non-hydrogen) atoms. The molecule has 1 amide bonds. The molecule has 0 fully saturated rings. The summed E-state index contributed by atoms with van der Waals surface area (Å²) < 4.78 is 0. The number of hydrogen-bond donors (Lipinski definition) is 2. The molecule has 0 aromatic heterocycles. The van der Waals surface area contributed by atoms with Crippen LogP contribution in [0.4, 0.5) is 0 Å². The Labute approximate surface area is 90.2 Å². The molecule has 0 radical (unpaired) electrons. The van der Waals surface area contributed by atoms with Gasteiger partial charge >= 0.3 is 5.97 Å². The van der Waals surface area contributed by atoms with Crippen LogP contribution in [0.15, 0.2) is 0 Å². The first-order chi connectivity index (χ1) is 7.02. The van der Waals surface area contributed by atoms with E-state index in [0.717, 1.165) is 12.8 Å². The maximum absolute atomic E-state index is 11.0. The Morgan fingerprint density at radius 2 is 1.73 bits per heavy atom. The van der Waals surface area contributed by atoms with Gasteiger partial charge in [0.05, 0.1) is 6.42 Å². The zero-order valence-electron chi connectivity index (χ0n) is 9.40. The molecule has 1 atom stereocenters. The molecule has 0 aromatic rings. The number of nitrogens with two attached hydrogens (primary N) is 1. The molecule has 5 heteroatoms. The largest absolute Gasteiger partial charge is 0.480 e. The quantitative estimate of drug-likeness (QED) is 0.616. The Hall–Kier alpha value is -1.10. The summed E-state index contributed by atoms with van der Waals surface area (Å²) in [5, 5.41) is 9.00. The van der Waals surface area contributed by atoms with Gasteiger partial charge in [-0.25, -0.2) is 0 Å². The van der Waals surface area contributed by atoms with Crippen molar-refractivity contribution >= 4 is 11.9 Å². The molecular weight excluding hydrogens is 196 g/mol. The minimum atomic E-state index is -0.976. The summed E-state index contributed by atoms with van der Waals surface area (Å²) in [5.41, 5.74) is 5.03. The topological polar surface area (TPSA) is 83.6 Å². The second-order valence-electron chi connectivity index (χ2n) is 3.56. The van der Waals surface area contributed by atoms with E-state index in [-0.39, 0.29) is 6.42 Å². The van der Waals surface area contributed by atoms with Crippen LogP contribution >= 0.6 is 0 Å². The van der Waals surface area contributed by atoms with Crippen LogP contribution in [0.5, 0.6) is 0 Å². The molecule has 5 nitrogen and oxygen atoms in total. The molecule has 0 bridgehead atoms. The number of primary amides is 1. The van der Waals surface area contributed by atoms with Crippen molar-refractivity contribution in [3.05, 3.63) is 0 Å². The lowest BCUT2D eigenvalue weighted by atomic mass is 10.1. The average molecular weight is 216 g/mol. The monoisotopic (exact) mass is 216 g/mol. The zero-order chi connectivity index (χ0) is 11.8. The lowest BCUT2D eigenvalue weighted by molar-refractivity contribution is -0.145. The highest BCUT2D eigenvalue weighted by Crippen LogP contribution is 2.06. The van der Waals surface area contributed by atoms with Gasteiger partial charge in [-0.2, -0.15) is 0 Å². The van der Waals surface area contributed by atoms with E-state index in [4.69, 9.17) is 10.8 Å². The van der Waals surface area contributed by atoms with Gasteiger partial charge in [0, 0.05) is 0 Å². The number of aliphatic carboxylic acids is 1. The highest BCUT2D eigenvalue weighted by Gasteiger charge is 2.25. The van der Waals surface area contributed by atoms with Crippen LogP contribution in [0.3, 0.4) is 0 Å². The van der Waals surface area contributed by atoms with E-state index in [9.17, 15) is 9.59 Å². The molecule has 0 saturated heterocycles. The van der Waals surface area contributed by atoms with Gasteiger partial charge in [-0.1, -0.05) is 13.8 Å². The van der Waals surface area contributed by atoms with Crippen molar-refractivity contribution in [2.24, 2.45) is 5.73 Å². The number of rotatable bonds is 8. The van der Waals surface area contributed by atoms with Gasteiger partial charge in [0.25, 0.3) is 0 Å². The summed E-state index contributed by atoms with van der Waals surface area (Å²) >= 11 is 0. The SMILES string of the molecule is CCCN(CCC)[C@@H](CC(N)=O)C(=O)O. The van der Waals surface area contributed by atoms with Gasteiger partial charge in [-0.3, -0.25) is 14.5 Å². The van der Waals surface area contributed by atoms with Crippen molar-refractivity contribution in [1.82, 2.24) is 4.90 Å². The van der Waals surface area contributed by atoms with Crippen LogP contribution < -0.4 is 5.73 Å². The number of hydrogen-bond acceptors (Lipinski definition) is 3. The first-order valence-corrected chi connectivity index (χ1v) is 5.28. The fourth-order valence-electron chi connectivity index (χ4n) is 1.56. The third-order valence-corrected chi connectivity index (χ3v) is 2.14. The Kier molecular flexibility index (Phi) is 6.70. The predicted molar refractivity (Wildman–Crippen MR) is 57.4 cm³/mol. The molecule has 0 rings (SSSR count). The molecule has 3 N–H and O–H groups in total. The minimum Gasteiger partial charge on any atom is -0.480 e. The number of carboxylic acid groups (broad SMARTS) is 1. The van der Waals surface area contributed by atoms with Crippen LogP contribution in [0.1, 0.15) is 33.1 Å². The summed E-state index contributed by atoms with van der Waals surface area (Å²) in [7, 11) is 0. The lowest BCUT2D eigenvalue weighted by Crippen LogP contribution is -2.44. The predicted octanol–water partition coefficient (Wildman–Crippen LogP) is 0.437. The average Bonchev–Trinajstić information content (AvgIpc) is 2.13. The van der Waals surface area contributed by atoms with E-state index < -0.39 is 17.9 Å². The standard InChI is InChI=1S/C10H20N2O3/c1-3-5-12(6-4-2)8(10(14)15)7-9(11)13/h8H,3-7H2,1-2H3,(H2,11,13)(H,14,15)/t8-/m0/s1. The number of carbonyl (C=O) groups excluding carboxylic acids is 1. The molecular formula is C10H20N2O3. The van der Waals surface area contributed by atoms with E-state index in [0.29, 0.717) is 13.1 Å². The number of nitrogens with zero attached hydrogens (tertiary/aromatic N) is 1. The second kappa shape index (κ2) is 7.23. The number of carboxylic acids is 1. The zero-order valence-corrected chi connectivity index (χ0v) is 9.40. The Morgan fingerprint density at radius 1 is 1.27 bits per heavy atom. The summed E-state index contributed by atoms with van der Waals surface area (Å²) in [6.07, 6.45) is 1.61. The summed E-state index contributed by atoms with van der Waals surface area (Å²) in [5.74, 6) is -1.55. The molecule has 0 aliphatic carbocycles. The van der Waals surface area contributed by atoms with Gasteiger partial charge in [-0.05, 0) is 25.9 Å². The maximum atomic E-state index is 11.0. The summed E-state index contributed by atoms with van der Waals surface area (Å²) in [4.78, 5) is 23.5. The van der Waals surface area contributed by atoms with E-state index in [1.807, 2.05) is 13.8 Å². The molecule has 0 heterocycles. The third-order valence-electron chi connectivity index (χ3n) is 2.14. The van der Waals surface area contributed by atoms with Crippen molar-refractivity contribution in [2.75, 3.05) is 13.1 Å². The van der Waals surface area contributed by atoms with E-state index in [1.54, 1.807) is 4.90 Å². The summed E-state index contributed by atoms with van der Waals surface area (Å²) in [6.45, 7) is 5.31. The highest BCUT2D eigenvalue weighted by atomic mass is 16.4. The Morgan fingerprint density at radius 3 is 2.00 bits per heavy atom. The smallest absolute Gasteiger partial charge is 0.321 e. The van der Waals surface area contributed by atoms with E-state index >= 15 is 0 Å². The summed E-state index contributed by atoms with van der Waals surface area (Å²) in [6, 6.07) is -0.776. The van der Waals surface area contributed by atoms with Crippen LogP contribution in [0, 0.1) is 0 Å². The first kappa shape index (κ1) is 13.9. The Bertz CT molecular complexity index is 213. The number of amides is 1. The molecule has 0 aromatic carbocycles. The lowest BCUT2D eigenvalue weighted by Gasteiger charge is -2.27. The highest BCUT2D eigenvalue weighted by molar-refractivity contribution is 5.83. The fourth-order valence-corrected chi connectivity index (χ4v) is 1.56. The van der Waals surface area contributed by atoms with Crippen molar-refractivity contribution in [1.29, 1.82) is 0 Å².